The molecule has 0 aromatic rings. The monoisotopic (exact) mass is 428 g/mol. The first-order chi connectivity index (χ1) is 9.04. The molecule has 0 aromatic heterocycles. The normalized spacial score (nSPS) is 15.0. The maximum atomic E-state index is 12.9. The summed E-state index contributed by atoms with van der Waals surface area (Å²) in [7, 11) is 0. The van der Waals surface area contributed by atoms with Gasteiger partial charge >= 0.3 is 124 Å². The van der Waals surface area contributed by atoms with E-state index in [0.29, 0.717) is 0 Å². The fraction of sp³-hybridized carbons (Fsp3) is 0.667. The molecule has 0 N–H and O–H groups in total. The van der Waals surface area contributed by atoms with Gasteiger partial charge in [-0.05, 0) is 0 Å². The first kappa shape index (κ1) is 20.8. The van der Waals surface area contributed by atoms with Crippen LogP contribution in [0.5, 0.6) is 0 Å². The summed E-state index contributed by atoms with van der Waals surface area (Å²) in [6, 6.07) is 0. The van der Waals surface area contributed by atoms with Crippen molar-refractivity contribution in [3.05, 3.63) is 21.3 Å². The number of hydrogen-bond donors (Lipinski definition) is 0. The Morgan fingerprint density at radius 2 is 0.952 bits per heavy atom. The van der Waals surface area contributed by atoms with Crippen LogP contribution in [0.1, 0.15) is 27.7 Å². The summed E-state index contributed by atoms with van der Waals surface area (Å²) in [5.74, 6) is 0. The molecule has 0 rings (SSSR count). The van der Waals surface area contributed by atoms with Crippen molar-refractivity contribution in [1.82, 2.24) is 0 Å². The summed E-state index contributed by atoms with van der Waals surface area (Å²) in [5.41, 5.74) is -5.35. The Bertz CT molecular complexity index is 360. The Morgan fingerprint density at radius 3 is 1.10 bits per heavy atom. The molecule has 0 radical (unpaired) electrons. The molecule has 124 valence electrons. The van der Waals surface area contributed by atoms with E-state index in [1.807, 2.05) is 0 Å². The molecule has 0 spiro atoms. The molecule has 0 saturated carbocycles. The van der Waals surface area contributed by atoms with E-state index in [9.17, 15) is 26.3 Å². The van der Waals surface area contributed by atoms with Crippen LogP contribution in [0.4, 0.5) is 26.3 Å². The van der Waals surface area contributed by atoms with Crippen LogP contribution in [0, 0.1) is 0 Å². The van der Waals surface area contributed by atoms with Crippen LogP contribution in [-0.4, -0.2) is 42.8 Å². The summed E-state index contributed by atoms with van der Waals surface area (Å²) < 4.78 is 88.9. The molecule has 0 bridgehead atoms. The van der Waals surface area contributed by atoms with Gasteiger partial charge in [0, 0.05) is 0 Å². The molecule has 0 aromatic carbocycles. The third-order valence-electron chi connectivity index (χ3n) is 2.76. The van der Waals surface area contributed by atoms with Crippen LogP contribution in [0.25, 0.3) is 0 Å². The quantitative estimate of drug-likeness (QED) is 0.456. The molecule has 2 nitrogen and oxygen atoms in total. The van der Waals surface area contributed by atoms with Crippen molar-refractivity contribution in [2.45, 2.75) is 51.2 Å². The van der Waals surface area contributed by atoms with E-state index in [1.54, 1.807) is 0 Å². The summed E-state index contributed by atoms with van der Waals surface area (Å²) in [5, 5.41) is 0. The predicted molar refractivity (Wildman–Crippen MR) is 68.6 cm³/mol. The van der Waals surface area contributed by atoms with Crippen LogP contribution in [0.2, 0.25) is 0 Å². The van der Waals surface area contributed by atoms with Gasteiger partial charge in [0.05, 0.1) is 0 Å². The van der Waals surface area contributed by atoms with Crippen LogP contribution >= 0.6 is 0 Å². The second-order valence-electron chi connectivity index (χ2n) is 5.35. The molecule has 0 atom stereocenters. The second kappa shape index (κ2) is 6.11. The van der Waals surface area contributed by atoms with Gasteiger partial charge in [0.1, 0.15) is 0 Å². The van der Waals surface area contributed by atoms with E-state index < -0.39 is 42.8 Å². The number of hydrogen-bond acceptors (Lipinski definition) is 2. The molecule has 21 heavy (non-hydrogen) atoms. The molecule has 0 heterocycles. The van der Waals surface area contributed by atoms with Crippen LogP contribution < -0.4 is 0 Å². The predicted octanol–water partition coefficient (Wildman–Crippen LogP) is 4.59. The maximum absolute atomic E-state index is 12.9. The van der Waals surface area contributed by atoms with Gasteiger partial charge in [-0.2, -0.15) is 0 Å². The summed E-state index contributed by atoms with van der Waals surface area (Å²) >= 11 is -5.02. The van der Waals surface area contributed by atoms with Gasteiger partial charge in [-0.15, -0.1) is 0 Å². The number of alkyl halides is 6. The molecular formula is C12H18F6O2Sn. The average molecular weight is 427 g/mol. The standard InChI is InChI=1S/2C4H6F3O.2C2H3.Sn/c2*1-3(2,8)4(5,6)7;2*1-2;/h2*1-2H3;2*1H,2H2;/q2*-1;;;+2. The van der Waals surface area contributed by atoms with Crippen LogP contribution in [-0.2, 0) is 6.15 Å². The van der Waals surface area contributed by atoms with E-state index >= 15 is 0 Å². The van der Waals surface area contributed by atoms with E-state index in [-0.39, 0.29) is 0 Å². The first-order valence-corrected chi connectivity index (χ1v) is 11.5. The van der Waals surface area contributed by atoms with Gasteiger partial charge in [0.2, 0.25) is 0 Å². The molecular weight excluding hydrogens is 409 g/mol. The fourth-order valence-corrected chi connectivity index (χ4v) is 7.94. The van der Waals surface area contributed by atoms with E-state index in [1.165, 1.54) is 0 Å². The van der Waals surface area contributed by atoms with Crippen molar-refractivity contribution in [1.29, 1.82) is 0 Å². The van der Waals surface area contributed by atoms with E-state index in [2.05, 4.69) is 13.2 Å². The van der Waals surface area contributed by atoms with Gasteiger partial charge < -0.3 is 0 Å². The van der Waals surface area contributed by atoms with Gasteiger partial charge in [0.15, 0.2) is 0 Å². The molecule has 9 heteroatoms. The molecule has 0 fully saturated rings. The SMILES string of the molecule is C=[CH][Sn]([CH]=C)([O]C(C)(C)C(F)(F)F)[O]C(C)(C)C(F)(F)F. The van der Waals surface area contributed by atoms with Crippen molar-refractivity contribution >= 4 is 19.2 Å². The number of rotatable bonds is 6. The Morgan fingerprint density at radius 1 is 0.714 bits per heavy atom. The minimum absolute atomic E-state index is 0.718. The molecule has 0 saturated heterocycles. The third kappa shape index (κ3) is 4.88. The summed E-state index contributed by atoms with van der Waals surface area (Å²) in [6.07, 6.45) is -9.54. The zero-order valence-electron chi connectivity index (χ0n) is 12.2. The zero-order valence-corrected chi connectivity index (χ0v) is 15.0. The first-order valence-electron chi connectivity index (χ1n) is 5.84. The Balaban J connectivity index is 5.59. The van der Waals surface area contributed by atoms with Crippen LogP contribution in [0.15, 0.2) is 21.3 Å². The van der Waals surface area contributed by atoms with Crippen molar-refractivity contribution in [2.75, 3.05) is 0 Å². The number of halogens is 6. The average Bonchev–Trinajstić information content (AvgIpc) is 2.24. The molecule has 0 unspecified atom stereocenters. The Labute approximate surface area is 124 Å². The Hall–Kier alpha value is -0.221. The van der Waals surface area contributed by atoms with Crippen molar-refractivity contribution < 1.29 is 32.5 Å². The van der Waals surface area contributed by atoms with E-state index in [4.69, 9.17) is 6.15 Å². The zero-order chi connectivity index (χ0) is 17.3. The van der Waals surface area contributed by atoms with Gasteiger partial charge in [-0.1, -0.05) is 0 Å². The molecule has 0 aliphatic heterocycles. The second-order valence-corrected chi connectivity index (χ2v) is 13.0. The molecule has 0 aliphatic carbocycles. The van der Waals surface area contributed by atoms with Crippen molar-refractivity contribution in [3.8, 4) is 0 Å². The van der Waals surface area contributed by atoms with Gasteiger partial charge in [-0.25, -0.2) is 0 Å². The summed E-state index contributed by atoms with van der Waals surface area (Å²) in [6.45, 7) is 9.42. The van der Waals surface area contributed by atoms with E-state index in [0.717, 1.165) is 35.9 Å². The minimum atomic E-state index is -5.02. The van der Waals surface area contributed by atoms with Gasteiger partial charge in [-0.3, -0.25) is 0 Å². The fourth-order valence-electron chi connectivity index (χ4n) is 1.18. The summed E-state index contributed by atoms with van der Waals surface area (Å²) in [4.78, 5) is 0. The molecule has 0 amide bonds. The Kier molecular flexibility index (Phi) is 6.05. The topological polar surface area (TPSA) is 18.5 Å². The van der Waals surface area contributed by atoms with Crippen molar-refractivity contribution in [3.63, 3.8) is 0 Å². The molecule has 0 aliphatic rings. The van der Waals surface area contributed by atoms with Crippen molar-refractivity contribution in [2.24, 2.45) is 0 Å². The van der Waals surface area contributed by atoms with Gasteiger partial charge in [0.25, 0.3) is 0 Å². The third-order valence-corrected chi connectivity index (χ3v) is 10.7. The van der Waals surface area contributed by atoms with Crippen LogP contribution in [0.3, 0.4) is 0 Å².